The zero-order chi connectivity index (χ0) is 24.5. The Balaban J connectivity index is 1.63. The van der Waals surface area contributed by atoms with Crippen LogP contribution < -0.4 is 5.32 Å². The van der Waals surface area contributed by atoms with Gasteiger partial charge in [-0.3, -0.25) is 18.7 Å². The third kappa shape index (κ3) is 5.12. The van der Waals surface area contributed by atoms with Crippen LogP contribution in [0.5, 0.6) is 0 Å². The van der Waals surface area contributed by atoms with Gasteiger partial charge in [0.15, 0.2) is 29.3 Å². The third-order valence-corrected chi connectivity index (χ3v) is 5.41. The largest absolute Gasteiger partial charge is 0.469 e. The number of carbonyl (C=O) groups excluding carboxylic acids is 2. The molecule has 0 saturated carbocycles. The molecule has 4 N–H and O–H groups in total. The lowest BCUT2D eigenvalue weighted by atomic mass is 10.1. The molecule has 4 rings (SSSR count). The number of imidazole rings is 1. The van der Waals surface area contributed by atoms with Gasteiger partial charge in [0, 0.05) is 12.5 Å². The number of phosphoric ester groups is 1. The van der Waals surface area contributed by atoms with E-state index < -0.39 is 50.8 Å². The standard InChI is InChI=1S/C19H20N5O9P/c1-10(25)32-15-14(26)12(7-31-34(28,29)30)33-19(15)24-9-22-13-16(20-8-21-17(13)24)23-18(27)11-5-3-2-4-6-11/h2-6,8-9,12,14-15,19,26H,7H2,1H3,(H2,28,29,30)(H,20,21,23,27)/t12-,14-,15-,19-/m1/s1. The maximum atomic E-state index is 12.5. The summed E-state index contributed by atoms with van der Waals surface area (Å²) in [6.45, 7) is 0.467. The zero-order valence-corrected chi connectivity index (χ0v) is 18.5. The summed E-state index contributed by atoms with van der Waals surface area (Å²) in [6, 6.07) is 8.45. The molecule has 1 saturated heterocycles. The van der Waals surface area contributed by atoms with Crippen molar-refractivity contribution in [3.8, 4) is 0 Å². The van der Waals surface area contributed by atoms with Gasteiger partial charge in [-0.05, 0) is 12.1 Å². The molecule has 1 aliphatic rings. The van der Waals surface area contributed by atoms with Gasteiger partial charge < -0.3 is 29.7 Å². The molecule has 1 fully saturated rings. The number of rotatable bonds is 7. The van der Waals surface area contributed by atoms with Crippen molar-refractivity contribution in [2.75, 3.05) is 11.9 Å². The fourth-order valence-electron chi connectivity index (χ4n) is 3.47. The molecule has 180 valence electrons. The highest BCUT2D eigenvalue weighted by Crippen LogP contribution is 2.39. The number of hydrogen-bond donors (Lipinski definition) is 4. The van der Waals surface area contributed by atoms with Gasteiger partial charge in [-0.15, -0.1) is 0 Å². The number of amides is 1. The normalized spacial score (nSPS) is 22.6. The van der Waals surface area contributed by atoms with Gasteiger partial charge in [-0.1, -0.05) is 18.2 Å². The first-order chi connectivity index (χ1) is 16.1. The van der Waals surface area contributed by atoms with Crippen LogP contribution in [0.15, 0.2) is 43.0 Å². The summed E-state index contributed by atoms with van der Waals surface area (Å²) in [5, 5.41) is 13.2. The van der Waals surface area contributed by atoms with E-state index in [-0.39, 0.29) is 17.0 Å². The van der Waals surface area contributed by atoms with E-state index in [4.69, 9.17) is 19.3 Å². The summed E-state index contributed by atoms with van der Waals surface area (Å²) in [4.78, 5) is 54.5. The number of anilines is 1. The van der Waals surface area contributed by atoms with E-state index in [0.717, 1.165) is 6.92 Å². The molecule has 0 bridgehead atoms. The number of aliphatic hydroxyl groups is 1. The topological polar surface area (TPSA) is 195 Å². The molecule has 3 heterocycles. The van der Waals surface area contributed by atoms with Crippen LogP contribution in [0.25, 0.3) is 11.2 Å². The Morgan fingerprint density at radius 2 is 1.94 bits per heavy atom. The number of phosphoric acid groups is 1. The van der Waals surface area contributed by atoms with Crippen molar-refractivity contribution in [2.24, 2.45) is 0 Å². The number of hydrogen-bond acceptors (Lipinski definition) is 10. The molecule has 14 nitrogen and oxygen atoms in total. The SMILES string of the molecule is CC(=O)O[C@@H]1[C@H](O)[C@@H](COP(=O)(O)O)O[C@H]1n1cnc2c(NC(=O)c3ccccc3)ncnc21. The predicted molar refractivity (Wildman–Crippen MR) is 113 cm³/mol. The van der Waals surface area contributed by atoms with Crippen LogP contribution in [0.1, 0.15) is 23.5 Å². The van der Waals surface area contributed by atoms with Crippen LogP contribution in [0.4, 0.5) is 5.82 Å². The number of nitrogens with zero attached hydrogens (tertiary/aromatic N) is 4. The van der Waals surface area contributed by atoms with E-state index in [0.29, 0.717) is 5.56 Å². The second-order valence-corrected chi connectivity index (χ2v) is 8.52. The van der Waals surface area contributed by atoms with Crippen molar-refractivity contribution in [3.63, 3.8) is 0 Å². The molecule has 1 amide bonds. The van der Waals surface area contributed by atoms with Gasteiger partial charge >= 0.3 is 13.8 Å². The van der Waals surface area contributed by atoms with Gasteiger partial charge in [-0.2, -0.15) is 0 Å². The molecule has 1 aliphatic heterocycles. The van der Waals surface area contributed by atoms with Crippen LogP contribution in [-0.4, -0.2) is 71.2 Å². The average molecular weight is 493 g/mol. The summed E-state index contributed by atoms with van der Waals surface area (Å²) >= 11 is 0. The Morgan fingerprint density at radius 1 is 1.21 bits per heavy atom. The van der Waals surface area contributed by atoms with Crippen LogP contribution in [-0.2, 0) is 23.4 Å². The molecular weight excluding hydrogens is 473 g/mol. The van der Waals surface area contributed by atoms with Crippen molar-refractivity contribution in [2.45, 2.75) is 31.5 Å². The predicted octanol–water partition coefficient (Wildman–Crippen LogP) is 0.378. The summed E-state index contributed by atoms with van der Waals surface area (Å²) < 4.78 is 27.7. The maximum absolute atomic E-state index is 12.5. The lowest BCUT2D eigenvalue weighted by Crippen LogP contribution is -2.36. The molecule has 0 aliphatic carbocycles. The summed E-state index contributed by atoms with van der Waals surface area (Å²) in [6.07, 6.45) is -2.67. The summed E-state index contributed by atoms with van der Waals surface area (Å²) in [5.41, 5.74) is 0.782. The molecule has 0 radical (unpaired) electrons. The Kier molecular flexibility index (Phi) is 6.70. The first-order valence-corrected chi connectivity index (χ1v) is 11.4. The number of aromatic nitrogens is 4. The number of nitrogens with one attached hydrogen (secondary N) is 1. The van der Waals surface area contributed by atoms with Gasteiger partial charge in [-0.25, -0.2) is 19.5 Å². The average Bonchev–Trinajstić information content (AvgIpc) is 3.34. The zero-order valence-electron chi connectivity index (χ0n) is 17.6. The van der Waals surface area contributed by atoms with Crippen LogP contribution >= 0.6 is 7.82 Å². The van der Waals surface area contributed by atoms with Gasteiger partial charge in [0.2, 0.25) is 0 Å². The Bertz CT molecular complexity index is 1250. The molecule has 15 heteroatoms. The molecule has 2 aromatic heterocycles. The third-order valence-electron chi connectivity index (χ3n) is 4.92. The van der Waals surface area contributed by atoms with Crippen molar-refractivity contribution < 1.29 is 43.0 Å². The fraction of sp³-hybridized carbons (Fsp3) is 0.316. The van der Waals surface area contributed by atoms with Crippen molar-refractivity contribution in [3.05, 3.63) is 48.5 Å². The highest BCUT2D eigenvalue weighted by molar-refractivity contribution is 7.46. The maximum Gasteiger partial charge on any atom is 0.469 e. The number of benzene rings is 1. The van der Waals surface area contributed by atoms with Crippen LogP contribution in [0.3, 0.4) is 0 Å². The Morgan fingerprint density at radius 3 is 2.62 bits per heavy atom. The number of aliphatic hydroxyl groups excluding tert-OH is 1. The monoisotopic (exact) mass is 493 g/mol. The minimum absolute atomic E-state index is 0.113. The highest BCUT2D eigenvalue weighted by Gasteiger charge is 2.48. The van der Waals surface area contributed by atoms with Crippen LogP contribution in [0, 0.1) is 0 Å². The first-order valence-electron chi connectivity index (χ1n) is 9.89. The minimum atomic E-state index is -4.84. The lowest BCUT2D eigenvalue weighted by Gasteiger charge is -2.21. The van der Waals surface area contributed by atoms with E-state index >= 15 is 0 Å². The first kappa shape index (κ1) is 23.9. The number of ether oxygens (including phenoxy) is 2. The van der Waals surface area contributed by atoms with Gasteiger partial charge in [0.05, 0.1) is 12.9 Å². The molecule has 4 atom stereocenters. The number of fused-ring (bicyclic) bond motifs is 1. The Labute approximate surface area is 191 Å². The van der Waals surface area contributed by atoms with Gasteiger partial charge in [0.25, 0.3) is 5.91 Å². The van der Waals surface area contributed by atoms with E-state index in [9.17, 15) is 19.3 Å². The summed E-state index contributed by atoms with van der Waals surface area (Å²) in [5.74, 6) is -1.03. The van der Waals surface area contributed by atoms with Gasteiger partial charge in [0.1, 0.15) is 18.5 Å². The fourth-order valence-corrected chi connectivity index (χ4v) is 3.81. The molecule has 1 aromatic carbocycles. The van der Waals surface area contributed by atoms with Crippen molar-refractivity contribution in [1.82, 2.24) is 19.5 Å². The van der Waals surface area contributed by atoms with Crippen molar-refractivity contribution in [1.29, 1.82) is 0 Å². The van der Waals surface area contributed by atoms with E-state index in [2.05, 4.69) is 24.8 Å². The van der Waals surface area contributed by atoms with E-state index in [1.807, 2.05) is 0 Å². The second-order valence-electron chi connectivity index (χ2n) is 7.28. The quantitative estimate of drug-likeness (QED) is 0.261. The number of esters is 1. The molecule has 0 unspecified atom stereocenters. The molecule has 3 aromatic rings. The van der Waals surface area contributed by atoms with Crippen molar-refractivity contribution >= 4 is 36.7 Å². The molecule has 0 spiro atoms. The Hall–Kier alpha value is -3.26. The molecular formula is C19H20N5O9P. The van der Waals surface area contributed by atoms with E-state index in [1.165, 1.54) is 17.2 Å². The summed E-state index contributed by atoms with van der Waals surface area (Å²) in [7, 11) is -4.84. The van der Waals surface area contributed by atoms with E-state index in [1.54, 1.807) is 30.3 Å². The smallest absolute Gasteiger partial charge is 0.455 e. The second kappa shape index (κ2) is 9.54. The number of carbonyl (C=O) groups is 2. The molecule has 34 heavy (non-hydrogen) atoms. The lowest BCUT2D eigenvalue weighted by molar-refractivity contribution is -0.155. The minimum Gasteiger partial charge on any atom is -0.455 e. The van der Waals surface area contributed by atoms with Crippen LogP contribution in [0.2, 0.25) is 0 Å². The highest BCUT2D eigenvalue weighted by atomic mass is 31.2.